The van der Waals surface area contributed by atoms with Crippen molar-refractivity contribution in [1.29, 1.82) is 0 Å². The van der Waals surface area contributed by atoms with E-state index < -0.39 is 0 Å². The van der Waals surface area contributed by atoms with Gasteiger partial charge >= 0.3 is 0 Å². The zero-order valence-electron chi connectivity index (χ0n) is 11.6. The van der Waals surface area contributed by atoms with E-state index in [0.717, 1.165) is 27.0 Å². The zero-order valence-corrected chi connectivity index (χ0v) is 13.9. The zero-order chi connectivity index (χ0) is 15.1. The minimum Gasteiger partial charge on any atom is -0.295 e. The molecule has 1 heterocycles. The first-order valence-electron chi connectivity index (χ1n) is 6.56. The van der Waals surface area contributed by atoms with E-state index in [1.54, 1.807) is 19.1 Å². The second-order valence-electron chi connectivity index (χ2n) is 4.99. The van der Waals surface area contributed by atoms with Crippen LogP contribution < -0.4 is 0 Å². The Hall–Kier alpha value is -1.39. The van der Waals surface area contributed by atoms with Crippen LogP contribution in [0.1, 0.15) is 23.7 Å². The SMILES string of the molecule is Cc1cc(-n2c(C(C)Cl)nc3ccc(Br)cc32)ccc1F. The molecule has 0 aliphatic rings. The molecule has 21 heavy (non-hydrogen) atoms. The van der Waals surface area contributed by atoms with Gasteiger partial charge in [-0.25, -0.2) is 9.37 Å². The van der Waals surface area contributed by atoms with Crippen LogP contribution in [0.3, 0.4) is 0 Å². The molecule has 0 aliphatic heterocycles. The average molecular weight is 368 g/mol. The highest BCUT2D eigenvalue weighted by molar-refractivity contribution is 9.10. The Morgan fingerprint density at radius 2 is 2.00 bits per heavy atom. The number of nitrogens with zero attached hydrogens (tertiary/aromatic N) is 2. The monoisotopic (exact) mass is 366 g/mol. The molecule has 108 valence electrons. The first kappa shape index (κ1) is 14.5. The number of fused-ring (bicyclic) bond motifs is 1. The summed E-state index contributed by atoms with van der Waals surface area (Å²) in [4.78, 5) is 4.60. The summed E-state index contributed by atoms with van der Waals surface area (Å²) in [6.45, 7) is 3.63. The van der Waals surface area contributed by atoms with Crippen molar-refractivity contribution < 1.29 is 4.39 Å². The van der Waals surface area contributed by atoms with Crippen LogP contribution in [0.5, 0.6) is 0 Å². The molecular formula is C16H13BrClFN2. The van der Waals surface area contributed by atoms with Crippen molar-refractivity contribution >= 4 is 38.6 Å². The first-order valence-corrected chi connectivity index (χ1v) is 7.79. The molecule has 0 bridgehead atoms. The molecular weight excluding hydrogens is 355 g/mol. The number of benzene rings is 2. The van der Waals surface area contributed by atoms with Gasteiger partial charge in [-0.3, -0.25) is 4.57 Å². The maximum absolute atomic E-state index is 13.5. The fourth-order valence-corrected chi connectivity index (χ4v) is 2.87. The van der Waals surface area contributed by atoms with Gasteiger partial charge in [0.2, 0.25) is 0 Å². The predicted molar refractivity (Wildman–Crippen MR) is 87.7 cm³/mol. The van der Waals surface area contributed by atoms with Crippen LogP contribution in [-0.4, -0.2) is 9.55 Å². The number of imidazole rings is 1. The standard InChI is InChI=1S/C16H13BrClFN2/c1-9-7-12(4-5-13(9)19)21-15-8-11(17)3-6-14(15)20-16(21)10(2)18/h3-8,10H,1-2H3. The molecule has 2 nitrogen and oxygen atoms in total. The van der Waals surface area contributed by atoms with Crippen molar-refractivity contribution in [3.8, 4) is 5.69 Å². The second kappa shape index (κ2) is 5.43. The van der Waals surface area contributed by atoms with Crippen LogP contribution in [0.25, 0.3) is 16.7 Å². The summed E-state index contributed by atoms with van der Waals surface area (Å²) in [7, 11) is 0. The van der Waals surface area contributed by atoms with E-state index in [4.69, 9.17) is 11.6 Å². The van der Waals surface area contributed by atoms with E-state index in [0.29, 0.717) is 5.56 Å². The molecule has 0 fully saturated rings. The highest BCUT2D eigenvalue weighted by atomic mass is 79.9. The summed E-state index contributed by atoms with van der Waals surface area (Å²) in [5.41, 5.74) is 3.26. The highest BCUT2D eigenvalue weighted by Crippen LogP contribution is 2.30. The van der Waals surface area contributed by atoms with Crippen LogP contribution in [0.15, 0.2) is 40.9 Å². The van der Waals surface area contributed by atoms with Crippen LogP contribution >= 0.6 is 27.5 Å². The summed E-state index contributed by atoms with van der Waals surface area (Å²) < 4.78 is 16.5. The van der Waals surface area contributed by atoms with Crippen molar-refractivity contribution in [1.82, 2.24) is 9.55 Å². The molecule has 0 radical (unpaired) electrons. The quantitative estimate of drug-likeness (QED) is 0.544. The van der Waals surface area contributed by atoms with Gasteiger partial charge in [-0.2, -0.15) is 0 Å². The molecule has 3 rings (SSSR count). The van der Waals surface area contributed by atoms with Crippen molar-refractivity contribution in [2.24, 2.45) is 0 Å². The van der Waals surface area contributed by atoms with E-state index in [1.807, 2.05) is 29.7 Å². The summed E-state index contributed by atoms with van der Waals surface area (Å²) in [6, 6.07) is 10.9. The maximum atomic E-state index is 13.5. The van der Waals surface area contributed by atoms with E-state index in [1.165, 1.54) is 6.07 Å². The first-order chi connectivity index (χ1) is 9.97. The Morgan fingerprint density at radius 1 is 1.24 bits per heavy atom. The Kier molecular flexibility index (Phi) is 3.76. The highest BCUT2D eigenvalue weighted by Gasteiger charge is 2.17. The minimum absolute atomic E-state index is 0.218. The third-order valence-electron chi connectivity index (χ3n) is 3.40. The lowest BCUT2D eigenvalue weighted by atomic mass is 10.2. The van der Waals surface area contributed by atoms with Gasteiger partial charge in [0.25, 0.3) is 0 Å². The molecule has 0 amide bonds. The second-order valence-corrected chi connectivity index (χ2v) is 6.56. The molecule has 1 aromatic heterocycles. The number of hydrogen-bond acceptors (Lipinski definition) is 1. The van der Waals surface area contributed by atoms with Crippen molar-refractivity contribution in [2.45, 2.75) is 19.2 Å². The number of alkyl halides is 1. The number of aryl methyl sites for hydroxylation is 1. The van der Waals surface area contributed by atoms with Crippen LogP contribution in [0.2, 0.25) is 0 Å². The number of aromatic nitrogens is 2. The molecule has 5 heteroatoms. The van der Waals surface area contributed by atoms with Gasteiger partial charge < -0.3 is 0 Å². The van der Waals surface area contributed by atoms with E-state index in [9.17, 15) is 4.39 Å². The molecule has 0 saturated carbocycles. The molecule has 0 spiro atoms. The van der Waals surface area contributed by atoms with E-state index in [2.05, 4.69) is 20.9 Å². The smallest absolute Gasteiger partial charge is 0.132 e. The van der Waals surface area contributed by atoms with Crippen LogP contribution in [0, 0.1) is 12.7 Å². The Balaban J connectivity index is 2.35. The lowest BCUT2D eigenvalue weighted by molar-refractivity contribution is 0.618. The third kappa shape index (κ3) is 2.58. The Morgan fingerprint density at radius 3 is 2.67 bits per heavy atom. The average Bonchev–Trinajstić information content (AvgIpc) is 2.80. The number of rotatable bonds is 2. The summed E-state index contributed by atoms with van der Waals surface area (Å²) >= 11 is 9.75. The van der Waals surface area contributed by atoms with Gasteiger partial charge in [0, 0.05) is 10.2 Å². The molecule has 1 atom stereocenters. The predicted octanol–water partition coefficient (Wildman–Crippen LogP) is 5.54. The van der Waals surface area contributed by atoms with Crippen LogP contribution in [-0.2, 0) is 0 Å². The van der Waals surface area contributed by atoms with Crippen molar-refractivity contribution in [3.05, 3.63) is 58.1 Å². The number of halogens is 3. The summed E-state index contributed by atoms with van der Waals surface area (Å²) in [6.07, 6.45) is 0. The molecule has 3 aromatic rings. The van der Waals surface area contributed by atoms with Gasteiger partial charge in [-0.15, -0.1) is 11.6 Å². The van der Waals surface area contributed by atoms with Gasteiger partial charge in [-0.1, -0.05) is 15.9 Å². The van der Waals surface area contributed by atoms with Gasteiger partial charge in [0.15, 0.2) is 0 Å². The molecule has 2 aromatic carbocycles. The molecule has 0 saturated heterocycles. The van der Waals surface area contributed by atoms with Gasteiger partial charge in [-0.05, 0) is 55.8 Å². The van der Waals surface area contributed by atoms with Gasteiger partial charge in [0.05, 0.1) is 16.4 Å². The molecule has 0 aliphatic carbocycles. The Labute approximate surface area is 135 Å². The molecule has 1 unspecified atom stereocenters. The minimum atomic E-state index is -0.249. The van der Waals surface area contributed by atoms with Crippen molar-refractivity contribution in [2.75, 3.05) is 0 Å². The van der Waals surface area contributed by atoms with E-state index in [-0.39, 0.29) is 11.2 Å². The van der Waals surface area contributed by atoms with Crippen molar-refractivity contribution in [3.63, 3.8) is 0 Å². The van der Waals surface area contributed by atoms with Gasteiger partial charge in [0.1, 0.15) is 11.6 Å². The fourth-order valence-electron chi connectivity index (χ4n) is 2.37. The Bertz CT molecular complexity index is 827. The lowest BCUT2D eigenvalue weighted by Gasteiger charge is -2.11. The largest absolute Gasteiger partial charge is 0.295 e. The van der Waals surface area contributed by atoms with Crippen LogP contribution in [0.4, 0.5) is 4.39 Å². The normalized spacial score (nSPS) is 12.8. The van der Waals surface area contributed by atoms with E-state index >= 15 is 0 Å². The third-order valence-corrected chi connectivity index (χ3v) is 4.09. The number of hydrogen-bond donors (Lipinski definition) is 0. The maximum Gasteiger partial charge on any atom is 0.132 e. The topological polar surface area (TPSA) is 17.8 Å². The molecule has 0 N–H and O–H groups in total. The summed E-state index contributed by atoms with van der Waals surface area (Å²) in [5.74, 6) is 0.528. The summed E-state index contributed by atoms with van der Waals surface area (Å²) in [5, 5.41) is -0.249. The fraction of sp³-hybridized carbons (Fsp3) is 0.188. The lowest BCUT2D eigenvalue weighted by Crippen LogP contribution is -2.02.